The van der Waals surface area contributed by atoms with E-state index in [1.165, 1.54) is 19.1 Å². The van der Waals surface area contributed by atoms with Gasteiger partial charge in [0, 0.05) is 18.9 Å². The highest BCUT2D eigenvalue weighted by atomic mass is 32.2. The smallest absolute Gasteiger partial charge is 0.150 e. The lowest BCUT2D eigenvalue weighted by molar-refractivity contribution is 0.0961. The summed E-state index contributed by atoms with van der Waals surface area (Å²) >= 11 is 0. The number of nitrogens with one attached hydrogen (secondary N) is 1. The Hall–Kier alpha value is -0.130. The molecule has 0 spiro atoms. The average Bonchev–Trinajstić information content (AvgIpc) is 2.92. The van der Waals surface area contributed by atoms with E-state index >= 15 is 0 Å². The molecule has 1 saturated carbocycles. The van der Waals surface area contributed by atoms with Crippen molar-refractivity contribution in [3.63, 3.8) is 0 Å². The first kappa shape index (κ1) is 16.2. The molecule has 0 amide bonds. The molecule has 0 aromatic heterocycles. The molecule has 1 aliphatic carbocycles. The highest BCUT2D eigenvalue weighted by Gasteiger charge is 2.32. The van der Waals surface area contributed by atoms with Crippen molar-refractivity contribution in [2.75, 3.05) is 19.9 Å². The molecule has 4 unspecified atom stereocenters. The van der Waals surface area contributed by atoms with E-state index < -0.39 is 9.84 Å². The number of hydrogen-bond donors (Lipinski definition) is 1. The molecule has 0 radical (unpaired) electrons. The van der Waals surface area contributed by atoms with Crippen LogP contribution in [-0.4, -0.2) is 45.7 Å². The SMILES string of the molecule is CNC(CCC1CCCO1)C1CCCC(S(C)(=O)=O)C1. The average molecular weight is 303 g/mol. The Morgan fingerprint density at radius 1 is 1.25 bits per heavy atom. The zero-order chi connectivity index (χ0) is 14.6. The predicted octanol–water partition coefficient (Wildman–Crippen LogP) is 2.14. The van der Waals surface area contributed by atoms with Crippen LogP contribution >= 0.6 is 0 Å². The topological polar surface area (TPSA) is 55.4 Å². The van der Waals surface area contributed by atoms with E-state index in [0.717, 1.165) is 45.1 Å². The summed E-state index contributed by atoms with van der Waals surface area (Å²) in [5.41, 5.74) is 0. The maximum atomic E-state index is 11.8. The fourth-order valence-corrected chi connectivity index (χ4v) is 4.98. The third kappa shape index (κ3) is 4.43. The summed E-state index contributed by atoms with van der Waals surface area (Å²) in [4.78, 5) is 0. The van der Waals surface area contributed by atoms with Gasteiger partial charge < -0.3 is 10.1 Å². The summed E-state index contributed by atoms with van der Waals surface area (Å²) < 4.78 is 29.2. The van der Waals surface area contributed by atoms with Gasteiger partial charge >= 0.3 is 0 Å². The van der Waals surface area contributed by atoms with Crippen molar-refractivity contribution in [3.8, 4) is 0 Å². The Labute approximate surface area is 123 Å². The van der Waals surface area contributed by atoms with E-state index in [1.807, 2.05) is 7.05 Å². The van der Waals surface area contributed by atoms with Crippen LogP contribution in [0.1, 0.15) is 51.4 Å². The van der Waals surface area contributed by atoms with Crippen molar-refractivity contribution in [1.29, 1.82) is 0 Å². The van der Waals surface area contributed by atoms with Gasteiger partial charge in [-0.2, -0.15) is 0 Å². The van der Waals surface area contributed by atoms with Crippen molar-refractivity contribution in [2.24, 2.45) is 5.92 Å². The predicted molar refractivity (Wildman–Crippen MR) is 81.6 cm³/mol. The highest BCUT2D eigenvalue weighted by molar-refractivity contribution is 7.91. The van der Waals surface area contributed by atoms with Gasteiger partial charge in [-0.15, -0.1) is 0 Å². The molecule has 20 heavy (non-hydrogen) atoms. The molecule has 1 N–H and O–H groups in total. The third-order valence-electron chi connectivity index (χ3n) is 5.04. The molecular weight excluding hydrogens is 274 g/mol. The van der Waals surface area contributed by atoms with Crippen LogP contribution < -0.4 is 5.32 Å². The van der Waals surface area contributed by atoms with Crippen LogP contribution in [0.3, 0.4) is 0 Å². The van der Waals surface area contributed by atoms with Crippen molar-refractivity contribution < 1.29 is 13.2 Å². The van der Waals surface area contributed by atoms with Crippen molar-refractivity contribution >= 4 is 9.84 Å². The Bertz CT molecular complexity index is 390. The van der Waals surface area contributed by atoms with Crippen molar-refractivity contribution in [2.45, 2.75) is 68.8 Å². The van der Waals surface area contributed by atoms with Gasteiger partial charge in [0.1, 0.15) is 9.84 Å². The molecule has 2 fully saturated rings. The van der Waals surface area contributed by atoms with Crippen LogP contribution in [0.5, 0.6) is 0 Å². The van der Waals surface area contributed by atoms with Crippen LogP contribution in [0, 0.1) is 5.92 Å². The molecule has 1 heterocycles. The van der Waals surface area contributed by atoms with E-state index in [1.54, 1.807) is 0 Å². The maximum absolute atomic E-state index is 11.8. The number of hydrogen-bond acceptors (Lipinski definition) is 4. The molecule has 0 aromatic rings. The Kier molecular flexibility index (Phi) is 5.87. The lowest BCUT2D eigenvalue weighted by Crippen LogP contribution is -2.39. The molecular formula is C15H29NO3S. The summed E-state index contributed by atoms with van der Waals surface area (Å²) in [6, 6.07) is 0.434. The first-order chi connectivity index (χ1) is 9.50. The maximum Gasteiger partial charge on any atom is 0.150 e. The lowest BCUT2D eigenvalue weighted by atomic mass is 9.81. The minimum atomic E-state index is -2.88. The van der Waals surface area contributed by atoms with Crippen molar-refractivity contribution in [3.05, 3.63) is 0 Å². The van der Waals surface area contributed by atoms with Gasteiger partial charge in [0.05, 0.1) is 11.4 Å². The molecule has 1 aliphatic heterocycles. The second-order valence-electron chi connectivity index (χ2n) is 6.49. The van der Waals surface area contributed by atoms with Crippen LogP contribution in [-0.2, 0) is 14.6 Å². The van der Waals surface area contributed by atoms with Crippen LogP contribution in [0.2, 0.25) is 0 Å². The van der Waals surface area contributed by atoms with E-state index in [4.69, 9.17) is 4.74 Å². The largest absolute Gasteiger partial charge is 0.378 e. The van der Waals surface area contributed by atoms with E-state index in [9.17, 15) is 8.42 Å². The first-order valence-electron chi connectivity index (χ1n) is 7.98. The van der Waals surface area contributed by atoms with E-state index in [-0.39, 0.29) is 5.25 Å². The minimum absolute atomic E-state index is 0.125. The molecule has 118 valence electrons. The molecule has 2 aliphatic rings. The number of ether oxygens (including phenoxy) is 1. The van der Waals surface area contributed by atoms with E-state index in [2.05, 4.69) is 5.32 Å². The molecule has 2 rings (SSSR count). The van der Waals surface area contributed by atoms with Gasteiger partial charge in [-0.3, -0.25) is 0 Å². The first-order valence-corrected chi connectivity index (χ1v) is 9.94. The van der Waals surface area contributed by atoms with Gasteiger partial charge in [-0.1, -0.05) is 6.42 Å². The van der Waals surface area contributed by atoms with Gasteiger partial charge in [-0.25, -0.2) is 8.42 Å². The van der Waals surface area contributed by atoms with Gasteiger partial charge in [0.2, 0.25) is 0 Å². The highest BCUT2D eigenvalue weighted by Crippen LogP contribution is 2.32. The molecule has 5 heteroatoms. The Balaban J connectivity index is 1.86. The summed E-state index contributed by atoms with van der Waals surface area (Å²) in [7, 11) is -0.879. The van der Waals surface area contributed by atoms with Crippen LogP contribution in [0.15, 0.2) is 0 Å². The van der Waals surface area contributed by atoms with Crippen LogP contribution in [0.4, 0.5) is 0 Å². The van der Waals surface area contributed by atoms with Gasteiger partial charge in [0.15, 0.2) is 0 Å². The fourth-order valence-electron chi connectivity index (χ4n) is 3.79. The van der Waals surface area contributed by atoms with Crippen molar-refractivity contribution in [1.82, 2.24) is 5.32 Å². The molecule has 4 atom stereocenters. The minimum Gasteiger partial charge on any atom is -0.378 e. The van der Waals surface area contributed by atoms with Gasteiger partial charge in [-0.05, 0) is 57.9 Å². The zero-order valence-electron chi connectivity index (χ0n) is 12.8. The zero-order valence-corrected chi connectivity index (χ0v) is 13.6. The number of sulfone groups is 1. The van der Waals surface area contributed by atoms with Gasteiger partial charge in [0.25, 0.3) is 0 Å². The second kappa shape index (κ2) is 7.23. The third-order valence-corrected chi connectivity index (χ3v) is 6.67. The fraction of sp³-hybridized carbons (Fsp3) is 1.00. The number of rotatable bonds is 6. The normalized spacial score (nSPS) is 33.2. The monoisotopic (exact) mass is 303 g/mol. The summed E-state index contributed by atoms with van der Waals surface area (Å²) in [6.45, 7) is 0.911. The molecule has 0 aromatic carbocycles. The molecule has 0 bridgehead atoms. The summed E-state index contributed by atoms with van der Waals surface area (Å²) in [5.74, 6) is 0.495. The second-order valence-corrected chi connectivity index (χ2v) is 8.81. The molecule has 4 nitrogen and oxygen atoms in total. The summed E-state index contributed by atoms with van der Waals surface area (Å²) in [5, 5.41) is 3.29. The molecule has 1 saturated heterocycles. The van der Waals surface area contributed by atoms with Crippen LogP contribution in [0.25, 0.3) is 0 Å². The van der Waals surface area contributed by atoms with E-state index in [0.29, 0.717) is 18.1 Å². The lowest BCUT2D eigenvalue weighted by Gasteiger charge is -2.34. The summed E-state index contributed by atoms with van der Waals surface area (Å²) in [6.07, 6.45) is 10.3. The Morgan fingerprint density at radius 2 is 2.05 bits per heavy atom. The Morgan fingerprint density at radius 3 is 2.65 bits per heavy atom. The standard InChI is InChI=1S/C15H29NO3S/c1-16-15(9-8-13-6-4-10-19-13)12-5-3-7-14(11-12)20(2,17)18/h12-16H,3-11H2,1-2H3. The quantitative estimate of drug-likeness (QED) is 0.817.